The van der Waals surface area contributed by atoms with Crippen molar-refractivity contribution in [1.82, 2.24) is 39.3 Å². The predicted molar refractivity (Wildman–Crippen MR) is 134 cm³/mol. The molecule has 0 saturated heterocycles. The number of nitrogens with zero attached hydrogens (tertiary/aromatic N) is 8. The molecule has 0 radical (unpaired) electrons. The zero-order valence-electron chi connectivity index (χ0n) is 21.7. The van der Waals surface area contributed by atoms with Gasteiger partial charge in [-0.05, 0) is 31.5 Å². The summed E-state index contributed by atoms with van der Waals surface area (Å²) >= 11 is 0. The number of fused-ring (bicyclic) bond motifs is 3. The van der Waals surface area contributed by atoms with Crippen molar-refractivity contribution in [2.45, 2.75) is 43.8 Å². The molecule has 0 bridgehead atoms. The number of rotatable bonds is 5. The Morgan fingerprint density at radius 2 is 1.79 bits per heavy atom. The van der Waals surface area contributed by atoms with Crippen LogP contribution in [-0.4, -0.2) is 45.2 Å². The Morgan fingerprint density at radius 3 is 2.45 bits per heavy atom. The topological polar surface area (TPSA) is 116 Å². The lowest BCUT2D eigenvalue weighted by atomic mass is 9.82. The first-order valence-corrected chi connectivity index (χ1v) is 12.4. The largest absolute Gasteiger partial charge is 0.418 e. The standard InChI is InChI=1S/C26H19F6N9O/c1-24(17-4-7-40(38-17)25(2,28)29)10-14(15-12-35-19-9-18(27)39-41(19)21(15)24)23(42)37-13-8-16(26(30,31)32)20(36-11-13)22-33-5-3-6-34-22/h3-9,11-12,14H,10H2,1-2H3,(H,37,42)/t14-,24-/m1/s1. The molecule has 216 valence electrons. The van der Waals surface area contributed by atoms with Gasteiger partial charge in [-0.3, -0.25) is 9.78 Å². The molecule has 0 unspecified atom stereocenters. The third kappa shape index (κ3) is 4.52. The smallest absolute Gasteiger partial charge is 0.324 e. The highest BCUT2D eigenvalue weighted by atomic mass is 19.4. The molecule has 0 fully saturated rings. The number of aromatic nitrogens is 8. The zero-order valence-corrected chi connectivity index (χ0v) is 21.7. The summed E-state index contributed by atoms with van der Waals surface area (Å²) in [5.41, 5.74) is -2.35. The fourth-order valence-electron chi connectivity index (χ4n) is 5.22. The molecular formula is C26H19F6N9O. The van der Waals surface area contributed by atoms with E-state index in [2.05, 4.69) is 35.5 Å². The predicted octanol–water partition coefficient (Wildman–Crippen LogP) is 4.94. The molecule has 0 saturated carbocycles. The SMILES string of the molecule is CC(F)(F)n1ccc([C@@]2(C)C[C@@H](C(=O)Nc3cnc(-c4ncccn4)c(C(F)(F)F)c3)c3cnc4cc(F)nn4c32)n1. The third-order valence-electron chi connectivity index (χ3n) is 7.10. The number of hydrogen-bond donors (Lipinski definition) is 1. The van der Waals surface area contributed by atoms with Crippen LogP contribution in [0.25, 0.3) is 17.2 Å². The Hall–Kier alpha value is -4.89. The Balaban J connectivity index is 1.40. The molecule has 2 atom stereocenters. The van der Waals surface area contributed by atoms with Crippen molar-refractivity contribution in [2.75, 3.05) is 5.32 Å². The number of carbonyl (C=O) groups is 1. The van der Waals surface area contributed by atoms with Crippen molar-refractivity contribution in [3.63, 3.8) is 0 Å². The second-order valence-corrected chi connectivity index (χ2v) is 10.1. The molecule has 5 aromatic rings. The molecule has 16 heteroatoms. The molecule has 0 aromatic carbocycles. The van der Waals surface area contributed by atoms with E-state index in [1.165, 1.54) is 35.2 Å². The van der Waals surface area contributed by atoms with Crippen LogP contribution >= 0.6 is 0 Å². The molecule has 10 nitrogen and oxygen atoms in total. The number of halogens is 6. The number of anilines is 1. The monoisotopic (exact) mass is 587 g/mol. The highest BCUT2D eigenvalue weighted by Crippen LogP contribution is 2.50. The Bertz CT molecular complexity index is 1830. The van der Waals surface area contributed by atoms with Crippen LogP contribution < -0.4 is 5.32 Å². The van der Waals surface area contributed by atoms with Gasteiger partial charge in [0.1, 0.15) is 5.69 Å². The number of amides is 1. The van der Waals surface area contributed by atoms with Gasteiger partial charge in [-0.25, -0.2) is 24.1 Å². The van der Waals surface area contributed by atoms with E-state index in [9.17, 15) is 31.1 Å². The van der Waals surface area contributed by atoms with E-state index in [-0.39, 0.29) is 40.5 Å². The van der Waals surface area contributed by atoms with Crippen molar-refractivity contribution >= 4 is 17.2 Å². The van der Waals surface area contributed by atoms with E-state index in [1.807, 2.05) is 0 Å². The van der Waals surface area contributed by atoms with Gasteiger partial charge in [0, 0.05) is 43.3 Å². The molecule has 5 aromatic heterocycles. The van der Waals surface area contributed by atoms with E-state index in [0.717, 1.165) is 24.5 Å². The summed E-state index contributed by atoms with van der Waals surface area (Å²) in [5, 5.41) is 10.3. The first-order chi connectivity index (χ1) is 19.8. The van der Waals surface area contributed by atoms with Gasteiger partial charge < -0.3 is 5.32 Å². The maximum atomic E-state index is 14.2. The van der Waals surface area contributed by atoms with Crippen molar-refractivity contribution in [2.24, 2.45) is 0 Å². The molecule has 42 heavy (non-hydrogen) atoms. The zero-order chi connectivity index (χ0) is 30.0. The highest BCUT2D eigenvalue weighted by Gasteiger charge is 2.49. The lowest BCUT2D eigenvalue weighted by Gasteiger charge is -2.24. The normalized spacial score (nSPS) is 18.8. The number of nitrogens with one attached hydrogen (secondary N) is 1. The molecule has 1 aliphatic carbocycles. The van der Waals surface area contributed by atoms with Crippen molar-refractivity contribution in [3.05, 3.63) is 83.7 Å². The number of hydrogen-bond acceptors (Lipinski definition) is 7. The number of alkyl halides is 5. The molecule has 5 heterocycles. The lowest BCUT2D eigenvalue weighted by molar-refractivity contribution is -0.137. The van der Waals surface area contributed by atoms with Crippen LogP contribution in [-0.2, 0) is 22.4 Å². The minimum atomic E-state index is -4.85. The molecular weight excluding hydrogens is 568 g/mol. The van der Waals surface area contributed by atoms with Gasteiger partial charge in [0.05, 0.1) is 40.2 Å². The van der Waals surface area contributed by atoms with E-state index in [4.69, 9.17) is 0 Å². The van der Waals surface area contributed by atoms with Gasteiger partial charge in [0.2, 0.25) is 11.9 Å². The van der Waals surface area contributed by atoms with Crippen LogP contribution in [0.3, 0.4) is 0 Å². The fourth-order valence-corrected chi connectivity index (χ4v) is 5.22. The summed E-state index contributed by atoms with van der Waals surface area (Å²) in [6.45, 7) is 2.30. The molecule has 6 rings (SSSR count). The van der Waals surface area contributed by atoms with Crippen molar-refractivity contribution < 1.29 is 31.1 Å². The van der Waals surface area contributed by atoms with Crippen LogP contribution in [0.2, 0.25) is 0 Å². The number of pyridine rings is 1. The van der Waals surface area contributed by atoms with Gasteiger partial charge >= 0.3 is 12.2 Å². The summed E-state index contributed by atoms with van der Waals surface area (Å²) < 4.78 is 85.7. The Kier molecular flexibility index (Phi) is 6.06. The van der Waals surface area contributed by atoms with Crippen LogP contribution in [0.15, 0.2) is 55.2 Å². The minimum Gasteiger partial charge on any atom is -0.324 e. The second kappa shape index (κ2) is 9.32. The van der Waals surface area contributed by atoms with Crippen molar-refractivity contribution in [3.8, 4) is 11.5 Å². The first kappa shape index (κ1) is 27.3. The van der Waals surface area contributed by atoms with Crippen molar-refractivity contribution in [1.29, 1.82) is 0 Å². The van der Waals surface area contributed by atoms with Gasteiger partial charge in [-0.1, -0.05) is 0 Å². The summed E-state index contributed by atoms with van der Waals surface area (Å²) in [6.07, 6.45) is 1.10. The molecule has 1 amide bonds. The van der Waals surface area contributed by atoms with E-state index in [1.54, 1.807) is 6.92 Å². The number of carbonyl (C=O) groups excluding carboxylic acids is 1. The van der Waals surface area contributed by atoms with E-state index < -0.39 is 46.7 Å². The molecule has 0 spiro atoms. The Labute approximate surface area is 232 Å². The maximum Gasteiger partial charge on any atom is 0.418 e. The summed E-state index contributed by atoms with van der Waals surface area (Å²) in [4.78, 5) is 29.3. The molecule has 1 aliphatic rings. The van der Waals surface area contributed by atoms with Crippen LogP contribution in [0.5, 0.6) is 0 Å². The highest BCUT2D eigenvalue weighted by molar-refractivity contribution is 5.97. The second-order valence-electron chi connectivity index (χ2n) is 10.1. The summed E-state index contributed by atoms with van der Waals surface area (Å²) in [7, 11) is 0. The fraction of sp³-hybridized carbons (Fsp3) is 0.269. The molecule has 0 aliphatic heterocycles. The van der Waals surface area contributed by atoms with Crippen LogP contribution in [0.1, 0.15) is 48.7 Å². The Morgan fingerprint density at radius 1 is 1.05 bits per heavy atom. The lowest BCUT2D eigenvalue weighted by Crippen LogP contribution is -2.27. The van der Waals surface area contributed by atoms with E-state index in [0.29, 0.717) is 11.6 Å². The van der Waals surface area contributed by atoms with Gasteiger partial charge in [0.25, 0.3) is 0 Å². The molecule has 1 N–H and O–H groups in total. The van der Waals surface area contributed by atoms with Gasteiger partial charge in [-0.2, -0.15) is 31.4 Å². The van der Waals surface area contributed by atoms with Crippen LogP contribution in [0.4, 0.5) is 32.0 Å². The minimum absolute atomic E-state index is 0.0573. The first-order valence-electron chi connectivity index (χ1n) is 12.4. The summed E-state index contributed by atoms with van der Waals surface area (Å²) in [6, 6.07) is 1.27. The quantitative estimate of drug-likeness (QED) is 0.290. The van der Waals surface area contributed by atoms with E-state index >= 15 is 0 Å². The summed E-state index contributed by atoms with van der Waals surface area (Å²) in [5.74, 6) is -2.88. The average Bonchev–Trinajstić information content (AvgIpc) is 3.64. The maximum absolute atomic E-state index is 14.2. The average molecular weight is 587 g/mol. The van der Waals surface area contributed by atoms with Gasteiger partial charge in [-0.15, -0.1) is 5.10 Å². The van der Waals surface area contributed by atoms with Gasteiger partial charge in [0.15, 0.2) is 11.5 Å². The third-order valence-corrected chi connectivity index (χ3v) is 7.10. The van der Waals surface area contributed by atoms with Crippen LogP contribution in [0, 0.1) is 5.95 Å².